The fourth-order valence-corrected chi connectivity index (χ4v) is 3.07. The molecule has 9 heteroatoms. The van der Waals surface area contributed by atoms with Crippen molar-refractivity contribution in [3.8, 4) is 0 Å². The SMILES string of the molecule is CCCCCCNS(=O)(=O)c1cc(NN)ccc1[N+](=O)[O-]. The first-order chi connectivity index (χ1) is 9.92. The molecule has 0 aliphatic rings. The van der Waals surface area contributed by atoms with Gasteiger partial charge in [-0.2, -0.15) is 0 Å². The summed E-state index contributed by atoms with van der Waals surface area (Å²) >= 11 is 0. The molecule has 0 aliphatic carbocycles. The molecule has 0 radical (unpaired) electrons. The maximum atomic E-state index is 12.2. The number of nitro benzene ring substituents is 1. The Hall–Kier alpha value is -1.71. The second-order valence-electron chi connectivity index (χ2n) is 4.54. The van der Waals surface area contributed by atoms with E-state index in [1.54, 1.807) is 0 Å². The first-order valence-electron chi connectivity index (χ1n) is 6.67. The van der Waals surface area contributed by atoms with Crippen molar-refractivity contribution in [1.82, 2.24) is 4.72 Å². The van der Waals surface area contributed by atoms with Gasteiger partial charge in [-0.05, 0) is 18.6 Å². The van der Waals surface area contributed by atoms with E-state index < -0.39 is 25.5 Å². The molecule has 4 N–H and O–H groups in total. The van der Waals surface area contributed by atoms with Crippen molar-refractivity contribution in [2.24, 2.45) is 5.84 Å². The zero-order valence-corrected chi connectivity index (χ0v) is 12.6. The normalized spacial score (nSPS) is 11.3. The minimum atomic E-state index is -3.94. The molecule has 118 valence electrons. The molecule has 8 nitrogen and oxygen atoms in total. The highest BCUT2D eigenvalue weighted by Gasteiger charge is 2.25. The van der Waals surface area contributed by atoms with Crippen LogP contribution in [0, 0.1) is 10.1 Å². The Morgan fingerprint density at radius 2 is 2.00 bits per heavy atom. The summed E-state index contributed by atoms with van der Waals surface area (Å²) in [5.74, 6) is 5.21. The molecule has 0 fully saturated rings. The zero-order chi connectivity index (χ0) is 15.9. The van der Waals surface area contributed by atoms with Crippen LogP contribution in [-0.4, -0.2) is 19.9 Å². The maximum absolute atomic E-state index is 12.2. The first-order valence-corrected chi connectivity index (χ1v) is 8.15. The lowest BCUT2D eigenvalue weighted by Gasteiger charge is -2.09. The van der Waals surface area contributed by atoms with E-state index in [2.05, 4.69) is 17.1 Å². The van der Waals surface area contributed by atoms with Crippen molar-refractivity contribution >= 4 is 21.4 Å². The third-order valence-corrected chi connectivity index (χ3v) is 4.43. The fourth-order valence-electron chi connectivity index (χ4n) is 1.81. The second kappa shape index (κ2) is 7.91. The molecule has 1 aromatic rings. The van der Waals surface area contributed by atoms with E-state index in [0.717, 1.165) is 31.4 Å². The van der Waals surface area contributed by atoms with Crippen molar-refractivity contribution in [3.63, 3.8) is 0 Å². The monoisotopic (exact) mass is 316 g/mol. The topological polar surface area (TPSA) is 127 Å². The van der Waals surface area contributed by atoms with Crippen LogP contribution in [0.4, 0.5) is 11.4 Å². The van der Waals surface area contributed by atoms with Gasteiger partial charge in [0.2, 0.25) is 10.0 Å². The molecule has 0 unspecified atom stereocenters. The molecular weight excluding hydrogens is 296 g/mol. The summed E-state index contributed by atoms with van der Waals surface area (Å²) in [6.45, 7) is 2.30. The Balaban J connectivity index is 2.92. The molecular formula is C12H20N4O4S. The first kappa shape index (κ1) is 17.3. The van der Waals surface area contributed by atoms with Crippen LogP contribution < -0.4 is 16.0 Å². The van der Waals surface area contributed by atoms with Crippen LogP contribution in [0.25, 0.3) is 0 Å². The van der Waals surface area contributed by atoms with Gasteiger partial charge >= 0.3 is 0 Å². The number of benzene rings is 1. The van der Waals surface area contributed by atoms with E-state index in [9.17, 15) is 18.5 Å². The Morgan fingerprint density at radius 3 is 2.57 bits per heavy atom. The Kier molecular flexibility index (Phi) is 6.53. The molecule has 0 bridgehead atoms. The Labute approximate surface area is 123 Å². The molecule has 1 aromatic carbocycles. The minimum Gasteiger partial charge on any atom is -0.324 e. The lowest BCUT2D eigenvalue weighted by Crippen LogP contribution is -2.25. The van der Waals surface area contributed by atoms with Crippen molar-refractivity contribution in [3.05, 3.63) is 28.3 Å². The van der Waals surface area contributed by atoms with Crippen molar-refractivity contribution < 1.29 is 13.3 Å². The van der Waals surface area contributed by atoms with Gasteiger partial charge in [0.1, 0.15) is 0 Å². The average Bonchev–Trinajstić information content (AvgIpc) is 2.46. The van der Waals surface area contributed by atoms with E-state index in [-0.39, 0.29) is 12.2 Å². The summed E-state index contributed by atoms with van der Waals surface area (Å²) in [6.07, 6.45) is 3.66. The highest BCUT2D eigenvalue weighted by molar-refractivity contribution is 7.89. The highest BCUT2D eigenvalue weighted by Crippen LogP contribution is 2.26. The molecule has 0 amide bonds. The second-order valence-corrected chi connectivity index (χ2v) is 6.28. The van der Waals surface area contributed by atoms with Gasteiger partial charge in [-0.15, -0.1) is 0 Å². The molecule has 1 rings (SSSR count). The average molecular weight is 316 g/mol. The number of nitrogens with one attached hydrogen (secondary N) is 2. The molecule has 0 saturated heterocycles. The molecule has 0 saturated carbocycles. The van der Waals surface area contributed by atoms with Crippen LogP contribution in [-0.2, 0) is 10.0 Å². The summed E-state index contributed by atoms with van der Waals surface area (Å²) in [4.78, 5) is 9.82. The van der Waals surface area contributed by atoms with E-state index in [0.29, 0.717) is 6.42 Å². The number of anilines is 1. The van der Waals surface area contributed by atoms with Crippen LogP contribution in [0.2, 0.25) is 0 Å². The van der Waals surface area contributed by atoms with E-state index in [4.69, 9.17) is 5.84 Å². The van der Waals surface area contributed by atoms with Crippen LogP contribution >= 0.6 is 0 Å². The van der Waals surface area contributed by atoms with Crippen LogP contribution in [0.15, 0.2) is 23.1 Å². The van der Waals surface area contributed by atoms with Gasteiger partial charge < -0.3 is 5.43 Å². The van der Waals surface area contributed by atoms with E-state index in [1.807, 2.05) is 0 Å². The van der Waals surface area contributed by atoms with Crippen molar-refractivity contribution in [1.29, 1.82) is 0 Å². The summed E-state index contributed by atoms with van der Waals surface area (Å²) in [7, 11) is -3.94. The van der Waals surface area contributed by atoms with Gasteiger partial charge in [0, 0.05) is 12.6 Å². The number of nitrogens with two attached hydrogens (primary N) is 1. The van der Waals surface area contributed by atoms with Gasteiger partial charge in [-0.1, -0.05) is 26.2 Å². The number of sulfonamides is 1. The lowest BCUT2D eigenvalue weighted by molar-refractivity contribution is -0.387. The predicted octanol–water partition coefficient (Wildman–Crippen LogP) is 1.74. The predicted molar refractivity (Wildman–Crippen MR) is 80.2 cm³/mol. The van der Waals surface area contributed by atoms with Crippen molar-refractivity contribution in [2.45, 2.75) is 37.5 Å². The Morgan fingerprint density at radius 1 is 1.29 bits per heavy atom. The summed E-state index contributed by atoms with van der Waals surface area (Å²) in [6, 6.07) is 3.60. The lowest BCUT2D eigenvalue weighted by atomic mass is 10.2. The van der Waals surface area contributed by atoms with Crippen molar-refractivity contribution in [2.75, 3.05) is 12.0 Å². The Bertz CT molecular complexity index is 589. The van der Waals surface area contributed by atoms with Gasteiger partial charge in [-0.3, -0.25) is 16.0 Å². The van der Waals surface area contributed by atoms with E-state index in [1.165, 1.54) is 6.07 Å². The number of hydrazine groups is 1. The number of unbranched alkanes of at least 4 members (excludes halogenated alkanes) is 3. The third-order valence-electron chi connectivity index (χ3n) is 2.94. The molecule has 0 aliphatic heterocycles. The van der Waals surface area contributed by atoms with Crippen LogP contribution in [0.5, 0.6) is 0 Å². The molecule has 0 atom stereocenters. The van der Waals surface area contributed by atoms with Gasteiger partial charge in [0.05, 0.1) is 10.6 Å². The summed E-state index contributed by atoms with van der Waals surface area (Å²) in [5.41, 5.74) is 2.08. The number of rotatable bonds is 9. The number of hydrogen-bond acceptors (Lipinski definition) is 6. The quantitative estimate of drug-likeness (QED) is 0.275. The fraction of sp³-hybridized carbons (Fsp3) is 0.500. The van der Waals surface area contributed by atoms with E-state index >= 15 is 0 Å². The van der Waals surface area contributed by atoms with Crippen LogP contribution in [0.3, 0.4) is 0 Å². The molecule has 0 aromatic heterocycles. The maximum Gasteiger partial charge on any atom is 0.289 e. The zero-order valence-electron chi connectivity index (χ0n) is 11.8. The number of hydrogen-bond donors (Lipinski definition) is 3. The number of nitrogens with zero attached hydrogens (tertiary/aromatic N) is 1. The molecule has 21 heavy (non-hydrogen) atoms. The molecule has 0 heterocycles. The van der Waals surface area contributed by atoms with Gasteiger partial charge in [0.15, 0.2) is 4.90 Å². The van der Waals surface area contributed by atoms with Gasteiger partial charge in [0.25, 0.3) is 5.69 Å². The number of nitrogen functional groups attached to an aromatic ring is 1. The number of nitro groups is 1. The molecule has 0 spiro atoms. The highest BCUT2D eigenvalue weighted by atomic mass is 32.2. The van der Waals surface area contributed by atoms with Crippen LogP contribution in [0.1, 0.15) is 32.6 Å². The minimum absolute atomic E-state index is 0.250. The standard InChI is InChI=1S/C12H20N4O4S/c1-2-3-4-5-8-14-21(19,20)12-9-10(15-13)6-7-11(12)16(17)18/h6-7,9,14-15H,2-5,8,13H2,1H3. The largest absolute Gasteiger partial charge is 0.324 e. The smallest absolute Gasteiger partial charge is 0.289 e. The van der Waals surface area contributed by atoms with Gasteiger partial charge in [-0.25, -0.2) is 13.1 Å². The third kappa shape index (κ3) is 4.96. The summed E-state index contributed by atoms with van der Waals surface area (Å²) < 4.78 is 26.7. The summed E-state index contributed by atoms with van der Waals surface area (Å²) in [5, 5.41) is 10.9.